The van der Waals surface area contributed by atoms with Crippen LogP contribution in [0, 0.1) is 6.92 Å². The van der Waals surface area contributed by atoms with Crippen molar-refractivity contribution in [1.29, 1.82) is 0 Å². The van der Waals surface area contributed by atoms with Crippen molar-refractivity contribution in [3.8, 4) is 0 Å². The fourth-order valence-electron chi connectivity index (χ4n) is 1.68. The fraction of sp³-hybridized carbons (Fsp3) is 0.583. The molecule has 2 rings (SSSR count). The average molecular weight is 283 g/mol. The van der Waals surface area contributed by atoms with Gasteiger partial charge in [-0.15, -0.1) is 5.10 Å². The minimum Gasteiger partial charge on any atom is -0.309 e. The van der Waals surface area contributed by atoms with Crippen LogP contribution in [0.25, 0.3) is 0 Å². The number of aromatic nitrogens is 5. The van der Waals surface area contributed by atoms with E-state index in [1.165, 1.54) is 0 Å². The van der Waals surface area contributed by atoms with Crippen LogP contribution in [0.5, 0.6) is 0 Å². The summed E-state index contributed by atoms with van der Waals surface area (Å²) in [6.45, 7) is 8.37. The second kappa shape index (κ2) is 6.16. The highest BCUT2D eigenvalue weighted by Crippen LogP contribution is 2.12. The Hall–Kier alpha value is -1.40. The van der Waals surface area contributed by atoms with Gasteiger partial charge in [-0.3, -0.25) is 9.36 Å². The zero-order valence-electron chi connectivity index (χ0n) is 11.5. The molecule has 0 saturated heterocycles. The van der Waals surface area contributed by atoms with Gasteiger partial charge < -0.3 is 5.32 Å². The SMILES string of the molecule is Cc1c(Cl)cnn1CCn1cc(CNC(C)C)nn1. The van der Waals surface area contributed by atoms with Gasteiger partial charge in [-0.2, -0.15) is 5.10 Å². The molecule has 2 aromatic rings. The Morgan fingerprint density at radius 2 is 2.16 bits per heavy atom. The first kappa shape index (κ1) is 14.0. The summed E-state index contributed by atoms with van der Waals surface area (Å²) in [7, 11) is 0. The van der Waals surface area contributed by atoms with Gasteiger partial charge in [-0.1, -0.05) is 30.7 Å². The second-order valence-electron chi connectivity index (χ2n) is 4.81. The molecule has 0 spiro atoms. The number of nitrogens with one attached hydrogen (secondary N) is 1. The van der Waals surface area contributed by atoms with Gasteiger partial charge in [-0.05, 0) is 6.92 Å². The normalized spacial score (nSPS) is 11.4. The van der Waals surface area contributed by atoms with E-state index in [-0.39, 0.29) is 0 Å². The van der Waals surface area contributed by atoms with Gasteiger partial charge in [0.25, 0.3) is 0 Å². The van der Waals surface area contributed by atoms with Crippen molar-refractivity contribution in [1.82, 2.24) is 30.1 Å². The quantitative estimate of drug-likeness (QED) is 0.875. The van der Waals surface area contributed by atoms with Crippen molar-refractivity contribution >= 4 is 11.6 Å². The van der Waals surface area contributed by atoms with Crippen LogP contribution in [0.1, 0.15) is 25.2 Å². The molecule has 0 saturated carbocycles. The molecule has 2 heterocycles. The zero-order chi connectivity index (χ0) is 13.8. The Labute approximate surface area is 117 Å². The van der Waals surface area contributed by atoms with Crippen molar-refractivity contribution in [2.75, 3.05) is 0 Å². The standard InChI is InChI=1S/C12H19ClN6/c1-9(2)14-6-11-8-18(17-16-11)4-5-19-10(3)12(13)7-15-19/h7-9,14H,4-6H2,1-3H3. The van der Waals surface area contributed by atoms with Crippen LogP contribution in [0.15, 0.2) is 12.4 Å². The number of rotatable bonds is 6. The van der Waals surface area contributed by atoms with Gasteiger partial charge >= 0.3 is 0 Å². The second-order valence-corrected chi connectivity index (χ2v) is 5.22. The van der Waals surface area contributed by atoms with Gasteiger partial charge in [0.1, 0.15) is 0 Å². The smallest absolute Gasteiger partial charge is 0.0964 e. The predicted molar refractivity (Wildman–Crippen MR) is 74.0 cm³/mol. The van der Waals surface area contributed by atoms with Crippen molar-refractivity contribution in [2.45, 2.75) is 46.4 Å². The number of hydrogen-bond acceptors (Lipinski definition) is 4. The largest absolute Gasteiger partial charge is 0.309 e. The lowest BCUT2D eigenvalue weighted by molar-refractivity contribution is 0.483. The minimum atomic E-state index is 0.444. The van der Waals surface area contributed by atoms with Crippen LogP contribution < -0.4 is 5.32 Å². The summed E-state index contributed by atoms with van der Waals surface area (Å²) in [6.07, 6.45) is 3.62. The van der Waals surface area contributed by atoms with Gasteiger partial charge in [0.2, 0.25) is 0 Å². The molecule has 0 unspecified atom stereocenters. The Bertz CT molecular complexity index is 530. The van der Waals surface area contributed by atoms with Gasteiger partial charge in [0.05, 0.1) is 35.7 Å². The number of hydrogen-bond donors (Lipinski definition) is 1. The maximum Gasteiger partial charge on any atom is 0.0964 e. The monoisotopic (exact) mass is 282 g/mol. The molecule has 0 radical (unpaired) electrons. The molecule has 0 fully saturated rings. The molecule has 0 aliphatic carbocycles. The first-order valence-corrected chi connectivity index (χ1v) is 6.74. The Kier molecular flexibility index (Phi) is 4.55. The number of halogens is 1. The Balaban J connectivity index is 1.88. The topological polar surface area (TPSA) is 60.6 Å². The first-order valence-electron chi connectivity index (χ1n) is 6.36. The molecule has 1 N–H and O–H groups in total. The lowest BCUT2D eigenvalue weighted by Gasteiger charge is -2.05. The van der Waals surface area contributed by atoms with Crippen LogP contribution in [0.4, 0.5) is 0 Å². The third-order valence-corrected chi connectivity index (χ3v) is 3.23. The highest BCUT2D eigenvalue weighted by molar-refractivity contribution is 6.31. The molecule has 7 heteroatoms. The average Bonchev–Trinajstić information content (AvgIpc) is 2.94. The summed E-state index contributed by atoms with van der Waals surface area (Å²) < 4.78 is 3.70. The van der Waals surface area contributed by atoms with E-state index in [0.717, 1.165) is 31.0 Å². The lowest BCUT2D eigenvalue weighted by Crippen LogP contribution is -2.21. The molecule has 0 bridgehead atoms. The van der Waals surface area contributed by atoms with E-state index in [1.807, 2.05) is 22.5 Å². The van der Waals surface area contributed by atoms with E-state index in [2.05, 4.69) is 34.6 Å². The lowest BCUT2D eigenvalue weighted by atomic mass is 10.3. The molecule has 2 aromatic heterocycles. The molecule has 0 amide bonds. The van der Waals surface area contributed by atoms with Crippen LogP contribution in [0.2, 0.25) is 5.02 Å². The summed E-state index contributed by atoms with van der Waals surface area (Å²) in [4.78, 5) is 0. The molecule has 0 atom stereocenters. The number of nitrogens with zero attached hydrogens (tertiary/aromatic N) is 5. The third-order valence-electron chi connectivity index (χ3n) is 2.86. The van der Waals surface area contributed by atoms with E-state index in [9.17, 15) is 0 Å². The van der Waals surface area contributed by atoms with E-state index >= 15 is 0 Å². The summed E-state index contributed by atoms with van der Waals surface area (Å²) in [6, 6.07) is 0.444. The summed E-state index contributed by atoms with van der Waals surface area (Å²) in [5.74, 6) is 0. The van der Waals surface area contributed by atoms with Gasteiger partial charge in [0.15, 0.2) is 0 Å². The van der Waals surface area contributed by atoms with Crippen LogP contribution >= 0.6 is 11.6 Å². The number of aryl methyl sites for hydroxylation is 2. The molecule has 6 nitrogen and oxygen atoms in total. The predicted octanol–water partition coefficient (Wildman–Crippen LogP) is 1.63. The maximum absolute atomic E-state index is 5.96. The molecule has 0 aromatic carbocycles. The van der Waals surface area contributed by atoms with Crippen molar-refractivity contribution in [3.05, 3.63) is 28.8 Å². The Morgan fingerprint density at radius 1 is 1.37 bits per heavy atom. The molecular formula is C12H19ClN6. The van der Waals surface area contributed by atoms with Crippen molar-refractivity contribution in [3.63, 3.8) is 0 Å². The van der Waals surface area contributed by atoms with E-state index in [4.69, 9.17) is 11.6 Å². The van der Waals surface area contributed by atoms with E-state index in [1.54, 1.807) is 6.20 Å². The molecule has 19 heavy (non-hydrogen) atoms. The highest BCUT2D eigenvalue weighted by Gasteiger charge is 2.05. The van der Waals surface area contributed by atoms with Gasteiger partial charge in [-0.25, -0.2) is 0 Å². The molecule has 104 valence electrons. The minimum absolute atomic E-state index is 0.444. The van der Waals surface area contributed by atoms with Crippen LogP contribution in [-0.4, -0.2) is 30.8 Å². The van der Waals surface area contributed by atoms with Gasteiger partial charge in [0, 0.05) is 18.8 Å². The van der Waals surface area contributed by atoms with Crippen molar-refractivity contribution < 1.29 is 0 Å². The van der Waals surface area contributed by atoms with E-state index < -0.39 is 0 Å². The molecular weight excluding hydrogens is 264 g/mol. The summed E-state index contributed by atoms with van der Waals surface area (Å²) in [5.41, 5.74) is 1.92. The maximum atomic E-state index is 5.96. The molecule has 0 aliphatic rings. The Morgan fingerprint density at radius 3 is 2.79 bits per heavy atom. The zero-order valence-corrected chi connectivity index (χ0v) is 12.2. The highest BCUT2D eigenvalue weighted by atomic mass is 35.5. The van der Waals surface area contributed by atoms with Crippen molar-refractivity contribution in [2.24, 2.45) is 0 Å². The van der Waals surface area contributed by atoms with Crippen LogP contribution in [-0.2, 0) is 19.6 Å². The third kappa shape index (κ3) is 3.78. The molecule has 0 aliphatic heterocycles. The first-order chi connectivity index (χ1) is 9.06. The van der Waals surface area contributed by atoms with Crippen LogP contribution in [0.3, 0.4) is 0 Å². The summed E-state index contributed by atoms with van der Waals surface area (Å²) >= 11 is 5.96. The fourth-order valence-corrected chi connectivity index (χ4v) is 1.83. The summed E-state index contributed by atoms with van der Waals surface area (Å²) in [5, 5.41) is 16.4. The van der Waals surface area contributed by atoms with E-state index in [0.29, 0.717) is 11.1 Å².